The molecule has 0 unspecified atom stereocenters. The van der Waals surface area contributed by atoms with Crippen molar-refractivity contribution >= 4 is 11.7 Å². The van der Waals surface area contributed by atoms with Crippen LogP contribution >= 0.6 is 0 Å². The van der Waals surface area contributed by atoms with E-state index in [1.54, 1.807) is 6.20 Å². The summed E-state index contributed by atoms with van der Waals surface area (Å²) in [6.07, 6.45) is 2.75. The minimum atomic E-state index is -0.308. The first-order valence-electron chi connectivity index (χ1n) is 5.38. The monoisotopic (exact) mass is 221 g/mol. The van der Waals surface area contributed by atoms with E-state index in [2.05, 4.69) is 10.3 Å². The van der Waals surface area contributed by atoms with Gasteiger partial charge in [0, 0.05) is 18.2 Å². The summed E-state index contributed by atoms with van der Waals surface area (Å²) in [4.78, 5) is 15.6. The fourth-order valence-electron chi connectivity index (χ4n) is 1.25. The molecule has 0 aliphatic rings. The summed E-state index contributed by atoms with van der Waals surface area (Å²) in [7, 11) is 0. The zero-order chi connectivity index (χ0) is 12.2. The summed E-state index contributed by atoms with van der Waals surface area (Å²) in [5, 5.41) is 2.75. The molecule has 0 bridgehead atoms. The number of anilines is 1. The van der Waals surface area contributed by atoms with Gasteiger partial charge < -0.3 is 11.1 Å². The molecular weight excluding hydrogens is 202 g/mol. The van der Waals surface area contributed by atoms with E-state index >= 15 is 0 Å². The minimum Gasteiger partial charge on any atom is -0.326 e. The topological polar surface area (TPSA) is 68.0 Å². The molecule has 0 radical (unpaired) electrons. The lowest BCUT2D eigenvalue weighted by atomic mass is 10.00. The van der Waals surface area contributed by atoms with E-state index in [4.69, 9.17) is 5.73 Å². The van der Waals surface area contributed by atoms with Crippen molar-refractivity contribution in [2.24, 2.45) is 5.73 Å². The summed E-state index contributed by atoms with van der Waals surface area (Å²) < 4.78 is 0. The number of nitrogens with one attached hydrogen (secondary N) is 1. The van der Waals surface area contributed by atoms with E-state index < -0.39 is 0 Å². The van der Waals surface area contributed by atoms with Crippen molar-refractivity contribution in [2.45, 2.75) is 39.2 Å². The average molecular weight is 221 g/mol. The molecule has 0 saturated heterocycles. The van der Waals surface area contributed by atoms with Crippen molar-refractivity contribution in [2.75, 3.05) is 5.32 Å². The van der Waals surface area contributed by atoms with Gasteiger partial charge in [0.25, 0.3) is 0 Å². The summed E-state index contributed by atoms with van der Waals surface area (Å²) in [5.74, 6) is 0.552. The number of hydrogen-bond donors (Lipinski definition) is 2. The Balaban J connectivity index is 2.46. The first-order chi connectivity index (χ1) is 7.37. The molecule has 1 heterocycles. The molecule has 1 rings (SSSR count). The molecule has 0 aliphatic heterocycles. The first kappa shape index (κ1) is 12.6. The summed E-state index contributed by atoms with van der Waals surface area (Å²) in [5.41, 5.74) is 6.57. The zero-order valence-electron chi connectivity index (χ0n) is 10.1. The molecule has 0 spiro atoms. The number of aromatic nitrogens is 1. The average Bonchev–Trinajstić information content (AvgIpc) is 2.14. The zero-order valence-corrected chi connectivity index (χ0v) is 10.1. The number of carbonyl (C=O) groups excluding carboxylic acids is 1. The molecule has 4 nitrogen and oxygen atoms in total. The molecule has 88 valence electrons. The van der Waals surface area contributed by atoms with E-state index in [9.17, 15) is 4.79 Å². The standard InChI is InChI=1S/C12H19N3O/c1-9-5-7-14-10(8-9)15-11(16)4-6-12(2,3)13/h5,7-8H,4,6,13H2,1-3H3,(H,14,15,16). The molecule has 1 aromatic heterocycles. The van der Waals surface area contributed by atoms with Crippen molar-refractivity contribution in [3.8, 4) is 0 Å². The smallest absolute Gasteiger partial charge is 0.225 e. The number of nitrogens with two attached hydrogens (primary N) is 1. The summed E-state index contributed by atoms with van der Waals surface area (Å²) in [6, 6.07) is 3.73. The van der Waals surface area contributed by atoms with Crippen LogP contribution in [0.2, 0.25) is 0 Å². The Labute approximate surface area is 96.3 Å². The van der Waals surface area contributed by atoms with Gasteiger partial charge in [-0.05, 0) is 44.9 Å². The largest absolute Gasteiger partial charge is 0.326 e. The summed E-state index contributed by atoms with van der Waals surface area (Å²) in [6.45, 7) is 5.77. The van der Waals surface area contributed by atoms with Gasteiger partial charge in [0.1, 0.15) is 5.82 Å². The molecule has 3 N–H and O–H groups in total. The predicted molar refractivity (Wildman–Crippen MR) is 65.1 cm³/mol. The van der Waals surface area contributed by atoms with Crippen molar-refractivity contribution in [1.82, 2.24) is 4.98 Å². The van der Waals surface area contributed by atoms with Gasteiger partial charge in [0.15, 0.2) is 0 Å². The number of carbonyl (C=O) groups is 1. The molecule has 1 aromatic rings. The molecule has 1 amide bonds. The van der Waals surface area contributed by atoms with Crippen LogP contribution in [0.25, 0.3) is 0 Å². The van der Waals surface area contributed by atoms with Crippen LogP contribution in [-0.4, -0.2) is 16.4 Å². The van der Waals surface area contributed by atoms with Crippen LogP contribution < -0.4 is 11.1 Å². The molecule has 0 aliphatic carbocycles. The minimum absolute atomic E-state index is 0.0448. The predicted octanol–water partition coefficient (Wildman–Crippen LogP) is 1.85. The number of rotatable bonds is 4. The Morgan fingerprint density at radius 2 is 2.25 bits per heavy atom. The second kappa shape index (κ2) is 5.07. The lowest BCUT2D eigenvalue weighted by molar-refractivity contribution is -0.116. The van der Waals surface area contributed by atoms with E-state index in [-0.39, 0.29) is 11.4 Å². The number of aryl methyl sites for hydroxylation is 1. The fraction of sp³-hybridized carbons (Fsp3) is 0.500. The Bertz CT molecular complexity index is 369. The van der Waals surface area contributed by atoms with Crippen LogP contribution in [0.4, 0.5) is 5.82 Å². The molecule has 16 heavy (non-hydrogen) atoms. The number of hydrogen-bond acceptors (Lipinski definition) is 3. The SMILES string of the molecule is Cc1ccnc(NC(=O)CCC(C)(C)N)c1. The summed E-state index contributed by atoms with van der Waals surface area (Å²) >= 11 is 0. The van der Waals surface area contributed by atoms with E-state index in [0.29, 0.717) is 18.7 Å². The van der Waals surface area contributed by atoms with Crippen molar-refractivity contribution in [3.63, 3.8) is 0 Å². The Morgan fingerprint density at radius 1 is 1.56 bits per heavy atom. The van der Waals surface area contributed by atoms with Gasteiger partial charge in [-0.25, -0.2) is 4.98 Å². The van der Waals surface area contributed by atoms with E-state index in [0.717, 1.165) is 5.56 Å². The molecule has 0 aromatic carbocycles. The molecule has 0 saturated carbocycles. The van der Waals surface area contributed by atoms with Crippen LogP contribution in [-0.2, 0) is 4.79 Å². The van der Waals surface area contributed by atoms with Gasteiger partial charge in [-0.15, -0.1) is 0 Å². The molecule has 0 atom stereocenters. The first-order valence-corrected chi connectivity index (χ1v) is 5.38. The van der Waals surface area contributed by atoms with E-state index in [1.807, 2.05) is 32.9 Å². The quantitative estimate of drug-likeness (QED) is 0.815. The van der Waals surface area contributed by atoms with Crippen molar-refractivity contribution in [1.29, 1.82) is 0 Å². The van der Waals surface area contributed by atoms with Gasteiger partial charge in [-0.2, -0.15) is 0 Å². The van der Waals surface area contributed by atoms with Gasteiger partial charge >= 0.3 is 0 Å². The molecule has 0 fully saturated rings. The number of amides is 1. The molecule has 4 heteroatoms. The van der Waals surface area contributed by atoms with Crippen LogP contribution in [0.15, 0.2) is 18.3 Å². The third-order valence-corrected chi connectivity index (χ3v) is 2.18. The highest BCUT2D eigenvalue weighted by Crippen LogP contribution is 2.10. The van der Waals surface area contributed by atoms with Gasteiger partial charge in [0.2, 0.25) is 5.91 Å². The maximum absolute atomic E-state index is 11.6. The van der Waals surface area contributed by atoms with Crippen LogP contribution in [0.1, 0.15) is 32.3 Å². The lowest BCUT2D eigenvalue weighted by Crippen LogP contribution is -2.33. The van der Waals surface area contributed by atoms with Crippen molar-refractivity contribution in [3.05, 3.63) is 23.9 Å². The van der Waals surface area contributed by atoms with Crippen LogP contribution in [0, 0.1) is 6.92 Å². The Morgan fingerprint density at radius 3 is 2.81 bits per heavy atom. The number of pyridine rings is 1. The molecular formula is C12H19N3O. The highest BCUT2D eigenvalue weighted by Gasteiger charge is 2.13. The maximum Gasteiger partial charge on any atom is 0.225 e. The van der Waals surface area contributed by atoms with Gasteiger partial charge in [-0.1, -0.05) is 0 Å². The van der Waals surface area contributed by atoms with Crippen LogP contribution in [0.5, 0.6) is 0 Å². The Kier molecular flexibility index (Phi) is 4.01. The lowest BCUT2D eigenvalue weighted by Gasteiger charge is -2.17. The van der Waals surface area contributed by atoms with E-state index in [1.165, 1.54) is 0 Å². The van der Waals surface area contributed by atoms with Crippen LogP contribution in [0.3, 0.4) is 0 Å². The third-order valence-electron chi connectivity index (χ3n) is 2.18. The highest BCUT2D eigenvalue weighted by molar-refractivity contribution is 5.89. The van der Waals surface area contributed by atoms with Gasteiger partial charge in [0.05, 0.1) is 0 Å². The highest BCUT2D eigenvalue weighted by atomic mass is 16.1. The Hall–Kier alpha value is -1.42. The van der Waals surface area contributed by atoms with Gasteiger partial charge in [-0.3, -0.25) is 4.79 Å². The number of nitrogens with zero attached hydrogens (tertiary/aromatic N) is 1. The fourth-order valence-corrected chi connectivity index (χ4v) is 1.25. The third kappa shape index (κ3) is 4.89. The second-order valence-corrected chi connectivity index (χ2v) is 4.76. The van der Waals surface area contributed by atoms with Crippen molar-refractivity contribution < 1.29 is 4.79 Å². The normalized spacial score (nSPS) is 11.2. The maximum atomic E-state index is 11.6. The second-order valence-electron chi connectivity index (χ2n) is 4.76.